The van der Waals surface area contributed by atoms with Gasteiger partial charge in [0, 0.05) is 24.0 Å². The maximum Gasteiger partial charge on any atom is 0.251 e. The predicted octanol–water partition coefficient (Wildman–Crippen LogP) is 1.39. The molecule has 0 unspecified atom stereocenters. The SMILES string of the molecule is Cc1cc(C(=O)NC2(CN)CCCC2)ccn1. The molecule has 2 rings (SSSR count). The van der Waals surface area contributed by atoms with Crippen molar-refractivity contribution in [2.24, 2.45) is 5.73 Å². The fraction of sp³-hybridized carbons (Fsp3) is 0.538. The molecule has 0 saturated heterocycles. The van der Waals surface area contributed by atoms with Crippen molar-refractivity contribution in [2.75, 3.05) is 6.54 Å². The van der Waals surface area contributed by atoms with Gasteiger partial charge in [0.2, 0.25) is 0 Å². The van der Waals surface area contributed by atoms with Crippen molar-refractivity contribution >= 4 is 5.91 Å². The van der Waals surface area contributed by atoms with Gasteiger partial charge in [-0.2, -0.15) is 0 Å². The van der Waals surface area contributed by atoms with Crippen LogP contribution in [0.4, 0.5) is 0 Å². The van der Waals surface area contributed by atoms with Gasteiger partial charge in [-0.1, -0.05) is 12.8 Å². The van der Waals surface area contributed by atoms with Gasteiger partial charge in [-0.15, -0.1) is 0 Å². The smallest absolute Gasteiger partial charge is 0.251 e. The predicted molar refractivity (Wildman–Crippen MR) is 66.7 cm³/mol. The summed E-state index contributed by atoms with van der Waals surface area (Å²) in [6.45, 7) is 2.40. The van der Waals surface area contributed by atoms with Crippen LogP contribution in [0.1, 0.15) is 41.7 Å². The summed E-state index contributed by atoms with van der Waals surface area (Å²) in [5.74, 6) is -0.0390. The second-order valence-electron chi connectivity index (χ2n) is 4.83. The third kappa shape index (κ3) is 2.64. The molecule has 0 aliphatic heterocycles. The fourth-order valence-corrected chi connectivity index (χ4v) is 2.43. The van der Waals surface area contributed by atoms with E-state index in [0.717, 1.165) is 31.4 Å². The molecule has 92 valence electrons. The normalized spacial score (nSPS) is 18.0. The molecule has 4 heteroatoms. The molecule has 1 amide bonds. The first-order valence-electron chi connectivity index (χ1n) is 6.10. The molecule has 0 atom stereocenters. The quantitative estimate of drug-likeness (QED) is 0.829. The fourth-order valence-electron chi connectivity index (χ4n) is 2.43. The summed E-state index contributed by atoms with van der Waals surface area (Å²) in [6, 6.07) is 3.54. The van der Waals surface area contributed by atoms with Crippen molar-refractivity contribution in [1.29, 1.82) is 0 Å². The van der Waals surface area contributed by atoms with Gasteiger partial charge in [0.1, 0.15) is 0 Å². The number of hydrogen-bond acceptors (Lipinski definition) is 3. The Morgan fingerprint density at radius 3 is 2.82 bits per heavy atom. The van der Waals surface area contributed by atoms with E-state index in [-0.39, 0.29) is 11.4 Å². The Bertz CT molecular complexity index is 411. The molecular formula is C13H19N3O. The third-order valence-electron chi connectivity index (χ3n) is 3.49. The molecule has 1 saturated carbocycles. The van der Waals surface area contributed by atoms with Crippen LogP contribution in [-0.4, -0.2) is 23.0 Å². The maximum absolute atomic E-state index is 12.1. The molecule has 0 radical (unpaired) electrons. The standard InChI is InChI=1S/C13H19N3O/c1-10-8-11(4-7-15-10)12(17)16-13(9-14)5-2-3-6-13/h4,7-8H,2-3,5-6,9,14H2,1H3,(H,16,17). The lowest BCUT2D eigenvalue weighted by Crippen LogP contribution is -2.51. The highest BCUT2D eigenvalue weighted by Crippen LogP contribution is 2.28. The van der Waals surface area contributed by atoms with Gasteiger partial charge in [0.25, 0.3) is 5.91 Å². The van der Waals surface area contributed by atoms with E-state index in [9.17, 15) is 4.79 Å². The van der Waals surface area contributed by atoms with Crippen molar-refractivity contribution in [3.63, 3.8) is 0 Å². The number of aromatic nitrogens is 1. The summed E-state index contributed by atoms with van der Waals surface area (Å²) in [6.07, 6.45) is 5.92. The number of amides is 1. The minimum atomic E-state index is -0.186. The highest BCUT2D eigenvalue weighted by molar-refractivity contribution is 5.94. The van der Waals surface area contributed by atoms with Crippen LogP contribution in [0.25, 0.3) is 0 Å². The van der Waals surface area contributed by atoms with E-state index in [4.69, 9.17) is 5.73 Å². The van der Waals surface area contributed by atoms with Gasteiger partial charge >= 0.3 is 0 Å². The first kappa shape index (κ1) is 12.0. The minimum absolute atomic E-state index is 0.0390. The monoisotopic (exact) mass is 233 g/mol. The van der Waals surface area contributed by atoms with E-state index in [1.54, 1.807) is 18.3 Å². The molecule has 0 bridgehead atoms. The zero-order valence-corrected chi connectivity index (χ0v) is 10.2. The zero-order valence-electron chi connectivity index (χ0n) is 10.2. The topological polar surface area (TPSA) is 68.0 Å². The van der Waals surface area contributed by atoms with E-state index < -0.39 is 0 Å². The number of nitrogens with one attached hydrogen (secondary N) is 1. The largest absolute Gasteiger partial charge is 0.345 e. The van der Waals surface area contributed by atoms with Crippen LogP contribution in [0.5, 0.6) is 0 Å². The molecule has 1 fully saturated rings. The van der Waals surface area contributed by atoms with Gasteiger partial charge in [0.15, 0.2) is 0 Å². The van der Waals surface area contributed by atoms with E-state index >= 15 is 0 Å². The Balaban J connectivity index is 2.11. The Hall–Kier alpha value is -1.42. The molecule has 1 aromatic rings. The molecule has 3 N–H and O–H groups in total. The van der Waals surface area contributed by atoms with E-state index in [1.165, 1.54) is 0 Å². The highest BCUT2D eigenvalue weighted by Gasteiger charge is 2.33. The van der Waals surface area contributed by atoms with Crippen molar-refractivity contribution in [1.82, 2.24) is 10.3 Å². The van der Waals surface area contributed by atoms with Crippen LogP contribution in [-0.2, 0) is 0 Å². The number of carbonyl (C=O) groups is 1. The van der Waals surface area contributed by atoms with Crippen LogP contribution in [0.15, 0.2) is 18.3 Å². The molecule has 0 spiro atoms. The number of hydrogen-bond donors (Lipinski definition) is 2. The van der Waals surface area contributed by atoms with E-state index in [0.29, 0.717) is 12.1 Å². The number of pyridine rings is 1. The molecule has 1 heterocycles. The third-order valence-corrected chi connectivity index (χ3v) is 3.49. The van der Waals surface area contributed by atoms with Crippen LogP contribution in [0, 0.1) is 6.92 Å². The van der Waals surface area contributed by atoms with Crippen LogP contribution in [0.2, 0.25) is 0 Å². The van der Waals surface area contributed by atoms with Gasteiger partial charge in [0.05, 0.1) is 5.54 Å². The number of aryl methyl sites for hydroxylation is 1. The summed E-state index contributed by atoms with van der Waals surface area (Å²) >= 11 is 0. The second kappa shape index (κ2) is 4.84. The van der Waals surface area contributed by atoms with Gasteiger partial charge < -0.3 is 11.1 Å². The van der Waals surface area contributed by atoms with E-state index in [1.807, 2.05) is 6.92 Å². The van der Waals surface area contributed by atoms with E-state index in [2.05, 4.69) is 10.3 Å². The molecule has 4 nitrogen and oxygen atoms in total. The molecule has 1 aliphatic rings. The summed E-state index contributed by atoms with van der Waals surface area (Å²) in [5, 5.41) is 3.09. The summed E-state index contributed by atoms with van der Waals surface area (Å²) in [5.41, 5.74) is 7.13. The zero-order chi connectivity index (χ0) is 12.3. The minimum Gasteiger partial charge on any atom is -0.345 e. The van der Waals surface area contributed by atoms with Crippen molar-refractivity contribution in [3.8, 4) is 0 Å². The molecule has 17 heavy (non-hydrogen) atoms. The average molecular weight is 233 g/mol. The Kier molecular flexibility index (Phi) is 3.43. The Labute approximate surface area is 102 Å². The number of carbonyl (C=O) groups excluding carboxylic acids is 1. The number of nitrogens with two attached hydrogens (primary N) is 1. The Morgan fingerprint density at radius 2 is 2.24 bits per heavy atom. The van der Waals surface area contributed by atoms with Crippen LogP contribution < -0.4 is 11.1 Å². The molecule has 1 aliphatic carbocycles. The summed E-state index contributed by atoms with van der Waals surface area (Å²) in [4.78, 5) is 16.2. The van der Waals surface area contributed by atoms with Crippen molar-refractivity contribution < 1.29 is 4.79 Å². The van der Waals surface area contributed by atoms with Gasteiger partial charge in [-0.25, -0.2) is 0 Å². The summed E-state index contributed by atoms with van der Waals surface area (Å²) in [7, 11) is 0. The lowest BCUT2D eigenvalue weighted by Gasteiger charge is -2.28. The van der Waals surface area contributed by atoms with Crippen LogP contribution >= 0.6 is 0 Å². The number of nitrogens with zero attached hydrogens (tertiary/aromatic N) is 1. The first-order valence-corrected chi connectivity index (χ1v) is 6.10. The molecule has 1 aromatic heterocycles. The second-order valence-corrected chi connectivity index (χ2v) is 4.83. The maximum atomic E-state index is 12.1. The van der Waals surface area contributed by atoms with Crippen molar-refractivity contribution in [2.45, 2.75) is 38.1 Å². The van der Waals surface area contributed by atoms with Gasteiger partial charge in [-0.05, 0) is 31.9 Å². The molecule has 0 aromatic carbocycles. The average Bonchev–Trinajstić information content (AvgIpc) is 2.78. The van der Waals surface area contributed by atoms with Crippen LogP contribution in [0.3, 0.4) is 0 Å². The Morgan fingerprint density at radius 1 is 1.53 bits per heavy atom. The number of rotatable bonds is 3. The lowest BCUT2D eigenvalue weighted by atomic mass is 9.97. The first-order chi connectivity index (χ1) is 8.15. The highest BCUT2D eigenvalue weighted by atomic mass is 16.1. The molecular weight excluding hydrogens is 214 g/mol. The van der Waals surface area contributed by atoms with Crippen molar-refractivity contribution in [3.05, 3.63) is 29.6 Å². The summed E-state index contributed by atoms with van der Waals surface area (Å²) < 4.78 is 0. The lowest BCUT2D eigenvalue weighted by molar-refractivity contribution is 0.0903. The van der Waals surface area contributed by atoms with Gasteiger partial charge in [-0.3, -0.25) is 9.78 Å².